The van der Waals surface area contributed by atoms with E-state index in [0.29, 0.717) is 26.1 Å². The van der Waals surface area contributed by atoms with Gasteiger partial charge in [-0.15, -0.1) is 4.91 Å². The van der Waals surface area contributed by atoms with E-state index in [0.717, 1.165) is 0 Å². The highest BCUT2D eigenvalue weighted by Gasteiger charge is 2.38. The van der Waals surface area contributed by atoms with Crippen molar-refractivity contribution in [2.75, 3.05) is 31.6 Å². The average molecular weight is 514 g/mol. The third-order valence-electron chi connectivity index (χ3n) is 4.75. The SMILES string of the molecule is COC(=O)[C@H]1CN(C(=O)OC(C)(C)C)CCN1c1c(N=O)cnc2cc(Br)c(Cl)cc12. The number of carbonyl (C=O) groups excluding carboxylic acids is 2. The van der Waals surface area contributed by atoms with Gasteiger partial charge in [-0.1, -0.05) is 11.6 Å². The Hall–Kier alpha value is -2.46. The second-order valence-corrected chi connectivity index (χ2v) is 9.29. The summed E-state index contributed by atoms with van der Waals surface area (Å²) in [5, 5.41) is 4.08. The summed E-state index contributed by atoms with van der Waals surface area (Å²) in [5.74, 6) is -0.557. The molecule has 166 valence electrons. The number of aromatic nitrogens is 1. The van der Waals surface area contributed by atoms with Gasteiger partial charge in [0.2, 0.25) is 0 Å². The van der Waals surface area contributed by atoms with E-state index in [9.17, 15) is 14.5 Å². The van der Waals surface area contributed by atoms with Crippen molar-refractivity contribution in [3.63, 3.8) is 0 Å². The predicted molar refractivity (Wildman–Crippen MR) is 121 cm³/mol. The molecule has 1 aromatic heterocycles. The van der Waals surface area contributed by atoms with Gasteiger partial charge in [-0.3, -0.25) is 4.98 Å². The van der Waals surface area contributed by atoms with E-state index in [-0.39, 0.29) is 25.3 Å². The van der Waals surface area contributed by atoms with Crippen LogP contribution in [0.2, 0.25) is 5.02 Å². The minimum Gasteiger partial charge on any atom is -0.467 e. The summed E-state index contributed by atoms with van der Waals surface area (Å²) in [6.45, 7) is 5.85. The van der Waals surface area contributed by atoms with Gasteiger partial charge in [-0.05, 0) is 54.0 Å². The number of rotatable bonds is 3. The molecule has 0 N–H and O–H groups in total. The van der Waals surface area contributed by atoms with Crippen molar-refractivity contribution in [1.82, 2.24) is 9.88 Å². The van der Waals surface area contributed by atoms with Gasteiger partial charge >= 0.3 is 12.1 Å². The Morgan fingerprint density at radius 1 is 1.29 bits per heavy atom. The molecule has 1 aliphatic heterocycles. The standard InChI is InChI=1S/C20H22BrClN4O5/c1-20(2,3)31-19(28)25-5-6-26(16(10-25)18(27)30-4)17-11-7-13(22)12(21)8-14(11)23-9-15(17)24-29/h7-9,16H,5-6,10H2,1-4H3/t16-/m1/s1. The molecule has 1 fully saturated rings. The van der Waals surface area contributed by atoms with Crippen LogP contribution in [-0.4, -0.2) is 60.3 Å². The molecule has 31 heavy (non-hydrogen) atoms. The molecular weight excluding hydrogens is 492 g/mol. The number of benzene rings is 1. The number of amides is 1. The maximum absolute atomic E-state index is 12.7. The molecular formula is C20H22BrClN4O5. The fraction of sp³-hybridized carbons (Fsp3) is 0.450. The van der Waals surface area contributed by atoms with Gasteiger partial charge in [0.15, 0.2) is 0 Å². The van der Waals surface area contributed by atoms with Gasteiger partial charge in [0.05, 0.1) is 36.1 Å². The number of halogens is 2. The number of hydrogen-bond acceptors (Lipinski definition) is 8. The number of anilines is 1. The van der Waals surface area contributed by atoms with Crippen LogP contribution in [0.25, 0.3) is 10.9 Å². The fourth-order valence-electron chi connectivity index (χ4n) is 3.41. The molecule has 0 radical (unpaired) electrons. The van der Waals surface area contributed by atoms with Crippen molar-refractivity contribution in [2.45, 2.75) is 32.4 Å². The van der Waals surface area contributed by atoms with Crippen LogP contribution in [0.3, 0.4) is 0 Å². The number of esters is 1. The van der Waals surface area contributed by atoms with Crippen LogP contribution >= 0.6 is 27.5 Å². The zero-order chi connectivity index (χ0) is 22.9. The summed E-state index contributed by atoms with van der Waals surface area (Å²) < 4.78 is 11.1. The summed E-state index contributed by atoms with van der Waals surface area (Å²) in [4.78, 5) is 44.2. The molecule has 1 aliphatic rings. The van der Waals surface area contributed by atoms with Gasteiger partial charge in [-0.25, -0.2) is 9.59 Å². The van der Waals surface area contributed by atoms with E-state index < -0.39 is 23.7 Å². The molecule has 3 rings (SSSR count). The number of methoxy groups -OCH3 is 1. The summed E-state index contributed by atoms with van der Waals surface area (Å²) in [6, 6.07) is 2.51. The maximum Gasteiger partial charge on any atom is 0.410 e. The van der Waals surface area contributed by atoms with Crippen LogP contribution in [0.15, 0.2) is 28.0 Å². The maximum atomic E-state index is 12.7. The lowest BCUT2D eigenvalue weighted by Crippen LogP contribution is -2.58. The molecule has 1 aromatic carbocycles. The van der Waals surface area contributed by atoms with Crippen LogP contribution in [-0.2, 0) is 14.3 Å². The highest BCUT2D eigenvalue weighted by atomic mass is 79.9. The van der Waals surface area contributed by atoms with Crippen molar-refractivity contribution in [1.29, 1.82) is 0 Å². The molecule has 0 unspecified atom stereocenters. The third-order valence-corrected chi connectivity index (χ3v) is 5.95. The first-order valence-electron chi connectivity index (χ1n) is 9.49. The molecule has 9 nitrogen and oxygen atoms in total. The van der Waals surface area contributed by atoms with Crippen LogP contribution in [0.5, 0.6) is 0 Å². The Kier molecular flexibility index (Phi) is 6.70. The number of hydrogen-bond donors (Lipinski definition) is 0. The minimum absolute atomic E-state index is 0.0218. The topological polar surface area (TPSA) is 101 Å². The molecule has 0 aliphatic carbocycles. The smallest absolute Gasteiger partial charge is 0.410 e. The predicted octanol–water partition coefficient (Wildman–Crippen LogP) is 4.65. The number of pyridine rings is 1. The molecule has 1 amide bonds. The Labute approximate surface area is 192 Å². The van der Waals surface area contributed by atoms with Crippen LogP contribution in [0, 0.1) is 4.91 Å². The molecule has 2 aromatic rings. The zero-order valence-corrected chi connectivity index (χ0v) is 19.9. The van der Waals surface area contributed by atoms with Crippen molar-refractivity contribution >= 4 is 61.9 Å². The number of nitrogens with zero attached hydrogens (tertiary/aromatic N) is 4. The number of carbonyl (C=O) groups is 2. The number of nitroso groups, excluding NO2 is 1. The van der Waals surface area contributed by atoms with E-state index in [1.165, 1.54) is 18.2 Å². The molecule has 1 saturated heterocycles. The number of piperazine rings is 1. The Morgan fingerprint density at radius 3 is 2.61 bits per heavy atom. The van der Waals surface area contributed by atoms with E-state index in [4.69, 9.17) is 21.1 Å². The summed E-state index contributed by atoms with van der Waals surface area (Å²) >= 11 is 9.65. The molecule has 0 saturated carbocycles. The summed E-state index contributed by atoms with van der Waals surface area (Å²) in [6.07, 6.45) is 0.820. The van der Waals surface area contributed by atoms with E-state index in [1.54, 1.807) is 37.8 Å². The lowest BCUT2D eigenvalue weighted by Gasteiger charge is -2.41. The summed E-state index contributed by atoms with van der Waals surface area (Å²) in [7, 11) is 1.27. The van der Waals surface area contributed by atoms with Crippen LogP contribution in [0.1, 0.15) is 20.8 Å². The van der Waals surface area contributed by atoms with E-state index in [2.05, 4.69) is 26.1 Å². The highest BCUT2D eigenvalue weighted by molar-refractivity contribution is 9.10. The average Bonchev–Trinajstić information content (AvgIpc) is 2.71. The Bertz CT molecular complexity index is 1040. The molecule has 0 spiro atoms. The zero-order valence-electron chi connectivity index (χ0n) is 17.5. The normalized spacial score (nSPS) is 16.9. The van der Waals surface area contributed by atoms with Crippen LogP contribution in [0.4, 0.5) is 16.2 Å². The van der Waals surface area contributed by atoms with Gasteiger partial charge in [0.25, 0.3) is 0 Å². The highest BCUT2D eigenvalue weighted by Crippen LogP contribution is 2.40. The second-order valence-electron chi connectivity index (χ2n) is 8.03. The van der Waals surface area contributed by atoms with Crippen molar-refractivity contribution in [3.8, 4) is 0 Å². The van der Waals surface area contributed by atoms with Crippen molar-refractivity contribution in [2.24, 2.45) is 5.18 Å². The minimum atomic E-state index is -0.875. The number of fused-ring (bicyclic) bond motifs is 1. The lowest BCUT2D eigenvalue weighted by atomic mass is 10.1. The lowest BCUT2D eigenvalue weighted by molar-refractivity contribution is -0.143. The van der Waals surface area contributed by atoms with Gasteiger partial charge < -0.3 is 19.3 Å². The van der Waals surface area contributed by atoms with Gasteiger partial charge in [0.1, 0.15) is 17.3 Å². The summed E-state index contributed by atoms with van der Waals surface area (Å²) in [5.41, 5.74) is 0.366. The molecule has 2 heterocycles. The molecule has 1 atom stereocenters. The molecule has 0 bridgehead atoms. The Morgan fingerprint density at radius 2 is 2.00 bits per heavy atom. The van der Waals surface area contributed by atoms with E-state index >= 15 is 0 Å². The van der Waals surface area contributed by atoms with E-state index in [1.807, 2.05) is 0 Å². The van der Waals surface area contributed by atoms with Crippen molar-refractivity contribution in [3.05, 3.63) is 32.7 Å². The number of ether oxygens (including phenoxy) is 2. The van der Waals surface area contributed by atoms with Gasteiger partial charge in [-0.2, -0.15) is 0 Å². The van der Waals surface area contributed by atoms with Crippen molar-refractivity contribution < 1.29 is 19.1 Å². The first-order valence-corrected chi connectivity index (χ1v) is 10.7. The van der Waals surface area contributed by atoms with Gasteiger partial charge in [0, 0.05) is 22.9 Å². The third kappa shape index (κ3) is 4.90. The second kappa shape index (κ2) is 8.96. The quantitative estimate of drug-likeness (QED) is 0.435. The molecule has 11 heteroatoms. The Balaban J connectivity index is 2.06. The van der Waals surface area contributed by atoms with Crippen LogP contribution < -0.4 is 4.90 Å². The monoisotopic (exact) mass is 512 g/mol. The first kappa shape index (κ1) is 23.2. The fourth-order valence-corrected chi connectivity index (χ4v) is 3.91. The first-order chi connectivity index (χ1) is 14.6. The largest absolute Gasteiger partial charge is 0.467 e.